The number of hydrogen-bond donors (Lipinski definition) is 0. The van der Waals surface area contributed by atoms with Gasteiger partial charge >= 0.3 is 5.97 Å². The van der Waals surface area contributed by atoms with Crippen LogP contribution < -0.4 is 0 Å². The van der Waals surface area contributed by atoms with Gasteiger partial charge in [-0.15, -0.1) is 11.6 Å². The molecule has 62 valence electrons. The standard InChI is InChI=1S/C8H11ClO2/c1-2-11-8(10)7-5-6(7)3-4-9/h5,7H,2-4H2,1H3/t7-/m1/s1. The number of carbonyl (C=O) groups excluding carboxylic acids is 1. The zero-order chi connectivity index (χ0) is 8.27. The van der Waals surface area contributed by atoms with E-state index in [1.165, 1.54) is 0 Å². The van der Waals surface area contributed by atoms with Gasteiger partial charge in [0.15, 0.2) is 0 Å². The molecule has 2 nitrogen and oxygen atoms in total. The smallest absolute Gasteiger partial charge is 0.316 e. The summed E-state index contributed by atoms with van der Waals surface area (Å²) < 4.78 is 4.81. The Balaban J connectivity index is 2.18. The maximum Gasteiger partial charge on any atom is 0.316 e. The first-order valence-corrected chi connectivity index (χ1v) is 4.26. The van der Waals surface area contributed by atoms with Gasteiger partial charge in [0.2, 0.25) is 0 Å². The molecule has 1 rings (SSSR count). The van der Waals surface area contributed by atoms with Gasteiger partial charge in [-0.05, 0) is 13.3 Å². The third-order valence-corrected chi connectivity index (χ3v) is 1.78. The van der Waals surface area contributed by atoms with E-state index in [1.54, 1.807) is 0 Å². The topological polar surface area (TPSA) is 26.3 Å². The zero-order valence-corrected chi connectivity index (χ0v) is 7.23. The van der Waals surface area contributed by atoms with E-state index in [0.29, 0.717) is 12.5 Å². The average molecular weight is 175 g/mol. The first-order valence-electron chi connectivity index (χ1n) is 3.72. The second kappa shape index (κ2) is 3.77. The van der Waals surface area contributed by atoms with Gasteiger partial charge in [-0.25, -0.2) is 0 Å². The van der Waals surface area contributed by atoms with Crippen molar-refractivity contribution in [2.75, 3.05) is 12.5 Å². The Morgan fingerprint density at radius 3 is 3.09 bits per heavy atom. The number of alkyl halides is 1. The molecule has 1 aliphatic rings. The van der Waals surface area contributed by atoms with Crippen LogP contribution in [-0.4, -0.2) is 18.5 Å². The summed E-state index contributed by atoms with van der Waals surface area (Å²) in [6.07, 6.45) is 2.71. The van der Waals surface area contributed by atoms with Crippen molar-refractivity contribution in [2.24, 2.45) is 5.92 Å². The second-order valence-electron chi connectivity index (χ2n) is 2.41. The van der Waals surface area contributed by atoms with E-state index < -0.39 is 0 Å². The normalized spacial score (nSPS) is 20.9. The summed E-state index contributed by atoms with van der Waals surface area (Å²) in [4.78, 5) is 11.0. The van der Waals surface area contributed by atoms with Crippen LogP contribution in [0, 0.1) is 5.92 Å². The van der Waals surface area contributed by atoms with Crippen LogP contribution >= 0.6 is 11.6 Å². The van der Waals surface area contributed by atoms with Gasteiger partial charge in [-0.2, -0.15) is 0 Å². The van der Waals surface area contributed by atoms with Crippen molar-refractivity contribution in [1.29, 1.82) is 0 Å². The monoisotopic (exact) mass is 174 g/mol. The minimum absolute atomic E-state index is 0.0475. The molecule has 0 aromatic rings. The molecule has 0 spiro atoms. The number of halogens is 1. The summed E-state index contributed by atoms with van der Waals surface area (Å²) >= 11 is 5.49. The first-order chi connectivity index (χ1) is 5.29. The Morgan fingerprint density at radius 2 is 2.55 bits per heavy atom. The minimum atomic E-state index is -0.132. The lowest BCUT2D eigenvalue weighted by Crippen LogP contribution is -2.08. The van der Waals surface area contributed by atoms with Crippen LogP contribution in [0.15, 0.2) is 11.6 Å². The van der Waals surface area contributed by atoms with Crippen molar-refractivity contribution < 1.29 is 9.53 Å². The molecule has 0 aromatic carbocycles. The fourth-order valence-electron chi connectivity index (χ4n) is 0.965. The fraction of sp³-hybridized carbons (Fsp3) is 0.625. The first kappa shape index (κ1) is 8.60. The molecular formula is C8H11ClO2. The van der Waals surface area contributed by atoms with E-state index in [4.69, 9.17) is 16.3 Å². The molecule has 11 heavy (non-hydrogen) atoms. The molecule has 1 atom stereocenters. The summed E-state index contributed by atoms with van der Waals surface area (Å²) in [5.41, 5.74) is 1.12. The lowest BCUT2D eigenvalue weighted by atomic mass is 10.2. The fourth-order valence-corrected chi connectivity index (χ4v) is 1.18. The van der Waals surface area contributed by atoms with E-state index in [0.717, 1.165) is 12.0 Å². The predicted octanol–water partition coefficient (Wildman–Crippen LogP) is 1.73. The Hall–Kier alpha value is -0.500. The molecule has 0 N–H and O–H groups in total. The van der Waals surface area contributed by atoms with Crippen molar-refractivity contribution in [3.8, 4) is 0 Å². The Labute approximate surface area is 71.2 Å². The highest BCUT2D eigenvalue weighted by Gasteiger charge is 2.32. The summed E-state index contributed by atoms with van der Waals surface area (Å²) in [6, 6.07) is 0. The molecule has 0 aromatic heterocycles. The summed E-state index contributed by atoms with van der Waals surface area (Å²) in [7, 11) is 0. The van der Waals surface area contributed by atoms with Gasteiger partial charge in [0.05, 0.1) is 12.5 Å². The second-order valence-corrected chi connectivity index (χ2v) is 2.79. The van der Waals surface area contributed by atoms with E-state index in [-0.39, 0.29) is 11.9 Å². The van der Waals surface area contributed by atoms with Gasteiger partial charge in [-0.3, -0.25) is 4.79 Å². The van der Waals surface area contributed by atoms with Gasteiger partial charge in [0, 0.05) is 5.88 Å². The molecule has 0 unspecified atom stereocenters. The Kier molecular flexibility index (Phi) is 2.94. The third-order valence-electron chi connectivity index (χ3n) is 1.59. The van der Waals surface area contributed by atoms with Gasteiger partial charge < -0.3 is 4.74 Å². The van der Waals surface area contributed by atoms with Gasteiger partial charge in [-0.1, -0.05) is 11.6 Å². The largest absolute Gasteiger partial charge is 0.465 e. The highest BCUT2D eigenvalue weighted by molar-refractivity contribution is 6.18. The summed E-state index contributed by atoms with van der Waals surface area (Å²) in [5, 5.41) is 0. The van der Waals surface area contributed by atoms with Crippen molar-refractivity contribution in [3.63, 3.8) is 0 Å². The number of carbonyl (C=O) groups is 1. The van der Waals surface area contributed by atoms with E-state index in [9.17, 15) is 4.79 Å². The van der Waals surface area contributed by atoms with Crippen LogP contribution in [-0.2, 0) is 9.53 Å². The zero-order valence-electron chi connectivity index (χ0n) is 6.47. The SMILES string of the molecule is CCOC(=O)[C@@H]1C=C1CCCl. The van der Waals surface area contributed by atoms with Crippen LogP contribution in [0.3, 0.4) is 0 Å². The molecule has 1 aliphatic carbocycles. The molecule has 0 saturated heterocycles. The van der Waals surface area contributed by atoms with Crippen LogP contribution in [0.5, 0.6) is 0 Å². The summed E-state index contributed by atoms with van der Waals surface area (Å²) in [6.45, 7) is 2.26. The number of ether oxygens (including phenoxy) is 1. The van der Waals surface area contributed by atoms with Crippen molar-refractivity contribution in [3.05, 3.63) is 11.6 Å². The van der Waals surface area contributed by atoms with Gasteiger partial charge in [0.25, 0.3) is 0 Å². The van der Waals surface area contributed by atoms with Crippen LogP contribution in [0.4, 0.5) is 0 Å². The number of hydrogen-bond acceptors (Lipinski definition) is 2. The van der Waals surface area contributed by atoms with Crippen LogP contribution in [0.1, 0.15) is 13.3 Å². The molecule has 3 heteroatoms. The highest BCUT2D eigenvalue weighted by Crippen LogP contribution is 2.32. The molecule has 0 amide bonds. The van der Waals surface area contributed by atoms with E-state index >= 15 is 0 Å². The Bertz CT molecular complexity index is 187. The average Bonchev–Trinajstić information content (AvgIpc) is 2.69. The molecule has 0 saturated carbocycles. The minimum Gasteiger partial charge on any atom is -0.465 e. The van der Waals surface area contributed by atoms with Gasteiger partial charge in [0.1, 0.15) is 0 Å². The van der Waals surface area contributed by atoms with E-state index in [1.807, 2.05) is 13.0 Å². The number of rotatable bonds is 4. The quantitative estimate of drug-likeness (QED) is 0.369. The third kappa shape index (κ3) is 2.22. The number of esters is 1. The van der Waals surface area contributed by atoms with Crippen LogP contribution in [0.25, 0.3) is 0 Å². The molecule has 0 radical (unpaired) electrons. The molecule has 0 heterocycles. The maximum absolute atomic E-state index is 11.0. The molecule has 0 bridgehead atoms. The van der Waals surface area contributed by atoms with Crippen LogP contribution in [0.2, 0.25) is 0 Å². The molecular weight excluding hydrogens is 164 g/mol. The van der Waals surface area contributed by atoms with Crippen molar-refractivity contribution in [2.45, 2.75) is 13.3 Å². The Morgan fingerprint density at radius 1 is 1.82 bits per heavy atom. The van der Waals surface area contributed by atoms with Crippen molar-refractivity contribution in [1.82, 2.24) is 0 Å². The predicted molar refractivity (Wildman–Crippen MR) is 43.5 cm³/mol. The molecule has 0 aliphatic heterocycles. The van der Waals surface area contributed by atoms with Crippen molar-refractivity contribution >= 4 is 17.6 Å². The summed E-state index contributed by atoms with van der Waals surface area (Å²) in [5.74, 6) is 0.406. The lowest BCUT2D eigenvalue weighted by Gasteiger charge is -1.99. The highest BCUT2D eigenvalue weighted by atomic mass is 35.5. The van der Waals surface area contributed by atoms with E-state index in [2.05, 4.69) is 0 Å². The molecule has 0 fully saturated rings. The maximum atomic E-state index is 11.0. The lowest BCUT2D eigenvalue weighted by molar-refractivity contribution is -0.144.